The minimum absolute atomic E-state index is 0.108. The van der Waals surface area contributed by atoms with E-state index in [-0.39, 0.29) is 11.9 Å². The lowest BCUT2D eigenvalue weighted by Gasteiger charge is -2.36. The van der Waals surface area contributed by atoms with E-state index in [4.69, 9.17) is 0 Å². The van der Waals surface area contributed by atoms with Crippen LogP contribution in [0.25, 0.3) is 11.0 Å². The fourth-order valence-corrected chi connectivity index (χ4v) is 3.92. The second-order valence-corrected chi connectivity index (χ2v) is 8.32. The van der Waals surface area contributed by atoms with Gasteiger partial charge in [0.2, 0.25) is 5.95 Å². The summed E-state index contributed by atoms with van der Waals surface area (Å²) in [7, 11) is 0. The van der Waals surface area contributed by atoms with Crippen molar-refractivity contribution < 1.29 is 9.90 Å². The van der Waals surface area contributed by atoms with Gasteiger partial charge in [-0.3, -0.25) is 4.79 Å². The molecule has 1 saturated heterocycles. The highest BCUT2D eigenvalue weighted by atomic mass is 16.3. The lowest BCUT2D eigenvalue weighted by molar-refractivity contribution is -0.00257. The molecule has 27 heavy (non-hydrogen) atoms. The van der Waals surface area contributed by atoms with Crippen molar-refractivity contribution in [1.82, 2.24) is 20.3 Å². The molecular formula is C20H27N5O2. The molecule has 3 heterocycles. The summed E-state index contributed by atoms with van der Waals surface area (Å²) in [6.45, 7) is 5.71. The number of hydrogen-bond donors (Lipinski definition) is 2. The largest absolute Gasteiger partial charge is 0.390 e. The highest BCUT2D eigenvalue weighted by molar-refractivity contribution is 5.96. The number of aliphatic hydroxyl groups is 1. The van der Waals surface area contributed by atoms with Gasteiger partial charge in [-0.15, -0.1) is 0 Å². The minimum atomic E-state index is -0.647. The number of carbonyl (C=O) groups is 1. The monoisotopic (exact) mass is 369 g/mol. The number of aromatic nitrogens is 3. The molecule has 7 heteroatoms. The molecule has 1 saturated carbocycles. The standard InChI is InChI=1S/C20H27N5O2/c1-20(2,27)15-4-6-16(7-5-15)23-18(26)14-10-13-11-22-19(25-8-3-9-25)24-17(13)21-12-14/h10-12,15-16,27H,3-9H2,1-2H3,(H,23,26). The van der Waals surface area contributed by atoms with Crippen LogP contribution in [0, 0.1) is 5.92 Å². The van der Waals surface area contributed by atoms with E-state index in [0.717, 1.165) is 44.2 Å². The van der Waals surface area contributed by atoms with E-state index in [1.54, 1.807) is 18.5 Å². The maximum Gasteiger partial charge on any atom is 0.253 e. The smallest absolute Gasteiger partial charge is 0.253 e. The zero-order chi connectivity index (χ0) is 19.0. The predicted octanol–water partition coefficient (Wildman–Crippen LogP) is 2.29. The van der Waals surface area contributed by atoms with Gasteiger partial charge in [0.15, 0.2) is 5.65 Å². The van der Waals surface area contributed by atoms with Crippen LogP contribution in [-0.2, 0) is 0 Å². The van der Waals surface area contributed by atoms with Crippen molar-refractivity contribution in [2.75, 3.05) is 18.0 Å². The number of carbonyl (C=O) groups excluding carboxylic acids is 1. The molecule has 2 fully saturated rings. The van der Waals surface area contributed by atoms with Crippen molar-refractivity contribution in [1.29, 1.82) is 0 Å². The molecular weight excluding hydrogens is 342 g/mol. The van der Waals surface area contributed by atoms with E-state index < -0.39 is 5.60 Å². The number of nitrogens with one attached hydrogen (secondary N) is 1. The maximum atomic E-state index is 12.6. The van der Waals surface area contributed by atoms with Crippen molar-refractivity contribution in [2.45, 2.75) is 57.6 Å². The molecule has 0 spiro atoms. The van der Waals surface area contributed by atoms with Gasteiger partial charge in [0.25, 0.3) is 5.91 Å². The first-order chi connectivity index (χ1) is 12.9. The van der Waals surface area contributed by atoms with Crippen molar-refractivity contribution in [3.8, 4) is 0 Å². The summed E-state index contributed by atoms with van der Waals surface area (Å²) in [5.74, 6) is 0.899. The summed E-state index contributed by atoms with van der Waals surface area (Å²) in [6, 6.07) is 1.96. The van der Waals surface area contributed by atoms with Gasteiger partial charge < -0.3 is 15.3 Å². The Balaban J connectivity index is 1.41. The third-order valence-electron chi connectivity index (χ3n) is 5.88. The number of pyridine rings is 1. The van der Waals surface area contributed by atoms with Crippen molar-refractivity contribution in [3.05, 3.63) is 24.0 Å². The lowest BCUT2D eigenvalue weighted by atomic mass is 9.77. The number of anilines is 1. The fourth-order valence-electron chi connectivity index (χ4n) is 3.92. The molecule has 0 aromatic carbocycles. The summed E-state index contributed by atoms with van der Waals surface area (Å²) < 4.78 is 0. The second-order valence-electron chi connectivity index (χ2n) is 8.32. The van der Waals surface area contributed by atoms with Crippen molar-refractivity contribution in [2.24, 2.45) is 5.92 Å². The molecule has 4 rings (SSSR count). The quantitative estimate of drug-likeness (QED) is 0.859. The van der Waals surface area contributed by atoms with Gasteiger partial charge in [0.1, 0.15) is 0 Å². The normalized spacial score (nSPS) is 23.1. The van der Waals surface area contributed by atoms with Crippen LogP contribution in [0.1, 0.15) is 56.3 Å². The number of rotatable bonds is 4. The lowest BCUT2D eigenvalue weighted by Crippen LogP contribution is -2.41. The number of hydrogen-bond acceptors (Lipinski definition) is 6. The second kappa shape index (κ2) is 7.03. The first-order valence-electron chi connectivity index (χ1n) is 9.81. The van der Waals surface area contributed by atoms with E-state index in [9.17, 15) is 9.90 Å². The van der Waals surface area contributed by atoms with E-state index in [1.807, 2.05) is 13.8 Å². The average molecular weight is 369 g/mol. The summed E-state index contributed by atoms with van der Waals surface area (Å²) in [4.78, 5) is 28.0. The number of fused-ring (bicyclic) bond motifs is 1. The summed E-state index contributed by atoms with van der Waals surface area (Å²) in [5, 5.41) is 14.0. The summed E-state index contributed by atoms with van der Waals surface area (Å²) in [6.07, 6.45) is 8.15. The molecule has 1 amide bonds. The summed E-state index contributed by atoms with van der Waals surface area (Å²) in [5.41, 5.74) is 0.508. The Kier molecular flexibility index (Phi) is 4.72. The first-order valence-corrected chi connectivity index (χ1v) is 9.81. The molecule has 0 unspecified atom stereocenters. The van der Waals surface area contributed by atoms with Crippen LogP contribution in [0.15, 0.2) is 18.5 Å². The molecule has 2 aromatic rings. The van der Waals surface area contributed by atoms with Crippen LogP contribution in [0.4, 0.5) is 5.95 Å². The molecule has 2 aliphatic rings. The highest BCUT2D eigenvalue weighted by Crippen LogP contribution is 2.32. The number of amides is 1. The zero-order valence-electron chi connectivity index (χ0n) is 16.0. The fraction of sp³-hybridized carbons (Fsp3) is 0.600. The van der Waals surface area contributed by atoms with E-state index in [2.05, 4.69) is 25.2 Å². The van der Waals surface area contributed by atoms with E-state index in [0.29, 0.717) is 23.1 Å². The number of nitrogens with zero attached hydrogens (tertiary/aromatic N) is 4. The van der Waals surface area contributed by atoms with Crippen LogP contribution in [0.3, 0.4) is 0 Å². The topological polar surface area (TPSA) is 91.2 Å². The van der Waals surface area contributed by atoms with Crippen LogP contribution in [0.5, 0.6) is 0 Å². The van der Waals surface area contributed by atoms with Crippen molar-refractivity contribution in [3.63, 3.8) is 0 Å². The molecule has 1 aliphatic heterocycles. The zero-order valence-corrected chi connectivity index (χ0v) is 16.0. The maximum absolute atomic E-state index is 12.6. The Morgan fingerprint density at radius 1 is 1.19 bits per heavy atom. The molecule has 2 N–H and O–H groups in total. The third-order valence-corrected chi connectivity index (χ3v) is 5.88. The Morgan fingerprint density at radius 3 is 2.56 bits per heavy atom. The molecule has 0 bridgehead atoms. The van der Waals surface area contributed by atoms with Crippen LogP contribution in [0.2, 0.25) is 0 Å². The van der Waals surface area contributed by atoms with Gasteiger partial charge in [-0.2, -0.15) is 4.98 Å². The molecule has 2 aromatic heterocycles. The minimum Gasteiger partial charge on any atom is -0.390 e. The molecule has 1 aliphatic carbocycles. The van der Waals surface area contributed by atoms with E-state index >= 15 is 0 Å². The van der Waals surface area contributed by atoms with E-state index in [1.165, 1.54) is 6.42 Å². The van der Waals surface area contributed by atoms with Gasteiger partial charge in [0.05, 0.1) is 11.2 Å². The van der Waals surface area contributed by atoms with Gasteiger partial charge in [-0.05, 0) is 57.9 Å². The Hall–Kier alpha value is -2.28. The Bertz CT molecular complexity index is 836. The van der Waals surface area contributed by atoms with Crippen molar-refractivity contribution >= 4 is 22.9 Å². The highest BCUT2D eigenvalue weighted by Gasteiger charge is 2.31. The van der Waals surface area contributed by atoms with Gasteiger partial charge in [0, 0.05) is 36.9 Å². The molecule has 0 atom stereocenters. The SMILES string of the molecule is CC(C)(O)C1CCC(NC(=O)c2cnc3nc(N4CCC4)ncc3c2)CC1. The van der Waals surface area contributed by atoms with Gasteiger partial charge >= 0.3 is 0 Å². The van der Waals surface area contributed by atoms with Crippen LogP contribution >= 0.6 is 0 Å². The molecule has 0 radical (unpaired) electrons. The van der Waals surface area contributed by atoms with Crippen LogP contribution in [-0.4, -0.2) is 50.7 Å². The Morgan fingerprint density at radius 2 is 1.93 bits per heavy atom. The van der Waals surface area contributed by atoms with Crippen LogP contribution < -0.4 is 10.2 Å². The average Bonchev–Trinajstić information content (AvgIpc) is 2.59. The third kappa shape index (κ3) is 3.88. The van der Waals surface area contributed by atoms with Gasteiger partial charge in [-0.1, -0.05) is 0 Å². The van der Waals surface area contributed by atoms with Gasteiger partial charge in [-0.25, -0.2) is 9.97 Å². The first kappa shape index (κ1) is 18.1. The summed E-state index contributed by atoms with van der Waals surface area (Å²) >= 11 is 0. The molecule has 144 valence electrons. The Labute approximate surface area is 159 Å². The predicted molar refractivity (Wildman–Crippen MR) is 104 cm³/mol. The molecule has 7 nitrogen and oxygen atoms in total.